The maximum Gasteiger partial charge on any atom is 0.335 e. The Morgan fingerprint density at radius 1 is 1.17 bits per heavy atom. The fourth-order valence-corrected chi connectivity index (χ4v) is 5.59. The number of ether oxygens (including phenoxy) is 2. The van der Waals surface area contributed by atoms with Gasteiger partial charge in [0.05, 0.1) is 6.10 Å². The minimum absolute atomic E-state index is 0.208. The highest BCUT2D eigenvalue weighted by atomic mass is 16.6. The fraction of sp³-hybridized carbons (Fsp3) is 0.667. The van der Waals surface area contributed by atoms with Crippen molar-refractivity contribution in [1.82, 2.24) is 0 Å². The summed E-state index contributed by atoms with van der Waals surface area (Å²) in [5, 5.41) is 11.1. The van der Waals surface area contributed by atoms with Gasteiger partial charge in [-0.2, -0.15) is 0 Å². The van der Waals surface area contributed by atoms with Gasteiger partial charge in [0.2, 0.25) is 0 Å². The van der Waals surface area contributed by atoms with E-state index in [-0.39, 0.29) is 18.0 Å². The lowest BCUT2D eigenvalue weighted by atomic mass is 9.59. The van der Waals surface area contributed by atoms with Gasteiger partial charge in [-0.15, -0.1) is 0 Å². The molecule has 0 fully saturated rings. The van der Waals surface area contributed by atoms with Gasteiger partial charge in [0, 0.05) is 17.9 Å². The number of aliphatic hydroxyl groups is 1. The number of cyclic esters (lactones) is 2. The Balaban J connectivity index is 1.80. The van der Waals surface area contributed by atoms with Gasteiger partial charge in [0.25, 0.3) is 0 Å². The van der Waals surface area contributed by atoms with Crippen LogP contribution in [-0.2, 0) is 19.1 Å². The molecule has 0 aromatic carbocycles. The molecule has 29 heavy (non-hydrogen) atoms. The average molecular weight is 401 g/mol. The monoisotopic (exact) mass is 400 g/mol. The molecule has 5 nitrogen and oxygen atoms in total. The fourth-order valence-electron chi connectivity index (χ4n) is 5.59. The van der Waals surface area contributed by atoms with Crippen LogP contribution < -0.4 is 0 Å². The van der Waals surface area contributed by atoms with E-state index in [1.165, 1.54) is 0 Å². The highest BCUT2D eigenvalue weighted by Crippen LogP contribution is 2.57. The predicted molar refractivity (Wildman–Crippen MR) is 109 cm³/mol. The molecule has 0 saturated heterocycles. The summed E-state index contributed by atoms with van der Waals surface area (Å²) in [4.78, 5) is 26.2. The van der Waals surface area contributed by atoms with E-state index in [0.29, 0.717) is 18.4 Å². The third-order valence-corrected chi connectivity index (χ3v) is 7.01. The minimum atomic E-state index is -1.06. The zero-order valence-corrected chi connectivity index (χ0v) is 17.5. The number of carbonyl (C=O) groups excluding carboxylic acids is 2. The van der Waals surface area contributed by atoms with Gasteiger partial charge in [-0.3, -0.25) is 4.79 Å². The van der Waals surface area contributed by atoms with Crippen molar-refractivity contribution in [3.8, 4) is 0 Å². The van der Waals surface area contributed by atoms with Crippen molar-refractivity contribution >= 4 is 11.9 Å². The van der Waals surface area contributed by atoms with Crippen molar-refractivity contribution in [2.45, 2.75) is 90.3 Å². The quantitative estimate of drug-likeness (QED) is 0.503. The molecule has 4 rings (SSSR count). The van der Waals surface area contributed by atoms with E-state index in [1.807, 2.05) is 12.2 Å². The van der Waals surface area contributed by atoms with Gasteiger partial charge in [0.1, 0.15) is 17.3 Å². The van der Waals surface area contributed by atoms with E-state index >= 15 is 0 Å². The van der Waals surface area contributed by atoms with Crippen molar-refractivity contribution in [1.29, 1.82) is 0 Å². The predicted octanol–water partition coefficient (Wildman–Crippen LogP) is 4.51. The molecule has 4 aliphatic rings. The normalized spacial score (nSPS) is 33.7. The van der Waals surface area contributed by atoms with Gasteiger partial charge in [-0.1, -0.05) is 38.8 Å². The molecule has 0 radical (unpaired) electrons. The number of hydrogen-bond acceptors (Lipinski definition) is 5. The average Bonchev–Trinajstić information content (AvgIpc) is 3.19. The van der Waals surface area contributed by atoms with E-state index in [2.05, 4.69) is 13.8 Å². The van der Waals surface area contributed by atoms with Gasteiger partial charge in [-0.05, 0) is 56.1 Å². The lowest BCUT2D eigenvalue weighted by Gasteiger charge is -2.41. The van der Waals surface area contributed by atoms with Gasteiger partial charge in [0.15, 0.2) is 0 Å². The standard InChI is InChI=1S/C24H32O5/c1-3-5-10-18-15-12-13-17(25)21(20(15)22(26)28-18)24-14-8-7-9-16(24)19(11-6-4-2)29-23(24)27/h8,14,17-18,21,25H,3-7,9-13H2,1-2H3/t17-,18+,21-,24-/m0/s1. The number of fused-ring (bicyclic) bond motifs is 1. The molecule has 2 heterocycles. The van der Waals surface area contributed by atoms with Crippen molar-refractivity contribution in [2.75, 3.05) is 0 Å². The van der Waals surface area contributed by atoms with Crippen molar-refractivity contribution in [2.24, 2.45) is 11.3 Å². The van der Waals surface area contributed by atoms with Crippen molar-refractivity contribution in [3.63, 3.8) is 0 Å². The van der Waals surface area contributed by atoms with E-state index < -0.39 is 17.4 Å². The summed E-state index contributed by atoms with van der Waals surface area (Å²) < 4.78 is 11.5. The molecule has 0 spiro atoms. The molecule has 2 aliphatic heterocycles. The summed E-state index contributed by atoms with van der Waals surface area (Å²) in [6, 6.07) is 0. The molecular weight excluding hydrogens is 368 g/mol. The zero-order valence-electron chi connectivity index (χ0n) is 17.5. The number of hydrogen-bond donors (Lipinski definition) is 1. The number of unbranched alkanes of at least 4 members (excludes halogenated alkanes) is 2. The Kier molecular flexibility index (Phi) is 5.69. The molecule has 2 aliphatic carbocycles. The second kappa shape index (κ2) is 8.10. The second-order valence-electron chi connectivity index (χ2n) is 8.76. The van der Waals surface area contributed by atoms with E-state index in [9.17, 15) is 14.7 Å². The van der Waals surface area contributed by atoms with Gasteiger partial charge < -0.3 is 14.6 Å². The van der Waals surface area contributed by atoms with Crippen LogP contribution in [0.15, 0.2) is 34.6 Å². The van der Waals surface area contributed by atoms with Gasteiger partial charge in [-0.25, -0.2) is 4.79 Å². The Hall–Kier alpha value is -1.88. The summed E-state index contributed by atoms with van der Waals surface area (Å²) in [5.41, 5.74) is 1.46. The van der Waals surface area contributed by atoms with Crippen LogP contribution in [0.1, 0.15) is 78.1 Å². The van der Waals surface area contributed by atoms with Crippen molar-refractivity contribution in [3.05, 3.63) is 34.6 Å². The SMILES string of the molecule is CCCCC1=C2CCC=C[C@]2([C@@H]2C3=C(CC[C@@H]2O)[C@@H](CCCC)OC3=O)C(=O)O1. The smallest absolute Gasteiger partial charge is 0.335 e. The summed E-state index contributed by atoms with van der Waals surface area (Å²) >= 11 is 0. The Morgan fingerprint density at radius 3 is 2.72 bits per heavy atom. The third-order valence-electron chi connectivity index (χ3n) is 7.01. The maximum atomic E-state index is 13.3. The summed E-state index contributed by atoms with van der Waals surface area (Å²) in [7, 11) is 0. The number of esters is 2. The lowest BCUT2D eigenvalue weighted by molar-refractivity contribution is -0.148. The van der Waals surface area contributed by atoms with Gasteiger partial charge >= 0.3 is 11.9 Å². The summed E-state index contributed by atoms with van der Waals surface area (Å²) in [5.74, 6) is -0.539. The number of rotatable bonds is 7. The Morgan fingerprint density at radius 2 is 1.97 bits per heavy atom. The van der Waals surface area contributed by atoms with E-state index in [0.717, 1.165) is 68.3 Å². The summed E-state index contributed by atoms with van der Waals surface area (Å²) in [6.45, 7) is 4.23. The Labute approximate surface area is 172 Å². The molecule has 0 unspecified atom stereocenters. The minimum Gasteiger partial charge on any atom is -0.454 e. The molecule has 5 heteroatoms. The van der Waals surface area contributed by atoms with Crippen LogP contribution in [0.25, 0.3) is 0 Å². The molecule has 158 valence electrons. The highest BCUT2D eigenvalue weighted by Gasteiger charge is 2.61. The van der Waals surface area contributed by atoms with Crippen LogP contribution in [0, 0.1) is 11.3 Å². The van der Waals surface area contributed by atoms with Crippen LogP contribution in [0.5, 0.6) is 0 Å². The van der Waals surface area contributed by atoms with Crippen LogP contribution in [-0.4, -0.2) is 29.3 Å². The van der Waals surface area contributed by atoms with Crippen LogP contribution in [0.2, 0.25) is 0 Å². The van der Waals surface area contributed by atoms with Crippen LogP contribution in [0.4, 0.5) is 0 Å². The topological polar surface area (TPSA) is 72.8 Å². The second-order valence-corrected chi connectivity index (χ2v) is 8.76. The molecule has 0 saturated carbocycles. The maximum absolute atomic E-state index is 13.3. The molecule has 4 atom stereocenters. The molecular formula is C24H32O5. The number of allylic oxidation sites excluding steroid dienone is 2. The first-order valence-electron chi connectivity index (χ1n) is 11.3. The van der Waals surface area contributed by atoms with Crippen LogP contribution >= 0.6 is 0 Å². The third kappa shape index (κ3) is 3.18. The molecule has 0 amide bonds. The molecule has 0 aromatic heterocycles. The van der Waals surface area contributed by atoms with Crippen LogP contribution in [0.3, 0.4) is 0 Å². The highest BCUT2D eigenvalue weighted by molar-refractivity contribution is 5.97. The number of aliphatic hydroxyl groups excluding tert-OH is 1. The first-order valence-corrected chi connectivity index (χ1v) is 11.3. The zero-order chi connectivity index (χ0) is 20.6. The largest absolute Gasteiger partial charge is 0.454 e. The lowest BCUT2D eigenvalue weighted by Crippen LogP contribution is -2.47. The Bertz CT molecular complexity index is 789. The molecule has 0 bridgehead atoms. The first kappa shape index (κ1) is 20.4. The van der Waals surface area contributed by atoms with E-state index in [4.69, 9.17) is 9.47 Å². The molecule has 1 N–H and O–H groups in total. The first-order chi connectivity index (χ1) is 14.0. The number of carbonyl (C=O) groups is 2. The van der Waals surface area contributed by atoms with Crippen molar-refractivity contribution < 1.29 is 24.2 Å². The summed E-state index contributed by atoms with van der Waals surface area (Å²) in [6.07, 6.45) is 11.3. The van der Waals surface area contributed by atoms with E-state index in [1.54, 1.807) is 0 Å². The molecule has 0 aromatic rings.